The minimum Gasteiger partial charge on any atom is -0.285 e. The van der Waals surface area contributed by atoms with Gasteiger partial charge in [0.15, 0.2) is 0 Å². The summed E-state index contributed by atoms with van der Waals surface area (Å²) in [5.74, 6) is -0.664. The molecule has 2 heteroatoms. The first kappa shape index (κ1) is 14.7. The van der Waals surface area contributed by atoms with Crippen molar-refractivity contribution in [1.82, 2.24) is 0 Å². The lowest BCUT2D eigenvalue weighted by Crippen LogP contribution is -2.24. The Hall–Kier alpha value is -1.70. The maximum atomic E-state index is 12.3. The first-order valence-electron chi connectivity index (χ1n) is 7.10. The zero-order valence-corrected chi connectivity index (χ0v) is 13.0. The summed E-state index contributed by atoms with van der Waals surface area (Å²) < 4.78 is 0. The molecule has 1 aromatic carbocycles. The molecule has 0 unspecified atom stereocenters. The fraction of sp³-hybridized carbons (Fsp3) is 0.444. The van der Waals surface area contributed by atoms with E-state index < -0.39 is 0 Å². The molecular weight excluding hydrogens is 248 g/mol. The van der Waals surface area contributed by atoms with Crippen LogP contribution >= 0.6 is 0 Å². The van der Waals surface area contributed by atoms with Gasteiger partial charge >= 0.3 is 0 Å². The van der Waals surface area contributed by atoms with Crippen LogP contribution in [0.3, 0.4) is 0 Å². The maximum Gasteiger partial charge on any atom is 0.233 e. The van der Waals surface area contributed by atoms with Gasteiger partial charge in [0.2, 0.25) is 11.6 Å². The number of Topliss-reactive ketones (excluding diaryl/α,β-unsaturated/α-hetero) is 2. The molecule has 0 aromatic heterocycles. The van der Waals surface area contributed by atoms with E-state index in [9.17, 15) is 9.59 Å². The second-order valence-electron chi connectivity index (χ2n) is 6.87. The normalized spacial score (nSPS) is 15.7. The van der Waals surface area contributed by atoms with Crippen molar-refractivity contribution in [1.29, 1.82) is 0 Å². The lowest BCUT2D eigenvalue weighted by atomic mass is 9.79. The third-order valence-corrected chi connectivity index (χ3v) is 3.88. The third kappa shape index (κ3) is 2.74. The number of allylic oxidation sites excluding steroid dienone is 2. The number of aryl methyl sites for hydroxylation is 1. The summed E-state index contributed by atoms with van der Waals surface area (Å²) >= 11 is 0. The first-order valence-corrected chi connectivity index (χ1v) is 7.10. The second-order valence-corrected chi connectivity index (χ2v) is 6.87. The third-order valence-electron chi connectivity index (χ3n) is 3.88. The summed E-state index contributed by atoms with van der Waals surface area (Å²) in [6, 6.07) is 5.77. The van der Waals surface area contributed by atoms with Crippen molar-refractivity contribution in [3.8, 4) is 0 Å². The number of fused-ring (bicyclic) bond motifs is 1. The fourth-order valence-corrected chi connectivity index (χ4v) is 2.57. The smallest absolute Gasteiger partial charge is 0.233 e. The molecule has 0 bridgehead atoms. The molecule has 20 heavy (non-hydrogen) atoms. The highest BCUT2D eigenvalue weighted by Gasteiger charge is 2.31. The van der Waals surface area contributed by atoms with Crippen molar-refractivity contribution in [2.75, 3.05) is 0 Å². The molecule has 0 radical (unpaired) electrons. The lowest BCUT2D eigenvalue weighted by Gasteiger charge is -2.23. The van der Waals surface area contributed by atoms with E-state index in [1.54, 1.807) is 0 Å². The molecule has 0 saturated heterocycles. The van der Waals surface area contributed by atoms with Crippen molar-refractivity contribution in [3.05, 3.63) is 40.5 Å². The standard InChI is InChI=1S/C18H22O2/c1-11-6-7-13-12(2)14(8-9-18(3,4)5)16(19)17(20)15(13)10-11/h6-7,10H,8-9H2,1-5H3. The highest BCUT2D eigenvalue weighted by Crippen LogP contribution is 2.34. The quantitative estimate of drug-likeness (QED) is 0.748. The van der Waals surface area contributed by atoms with Gasteiger partial charge in [-0.1, -0.05) is 38.5 Å². The van der Waals surface area contributed by atoms with Crippen molar-refractivity contribution >= 4 is 17.1 Å². The molecule has 0 heterocycles. The van der Waals surface area contributed by atoms with Crippen LogP contribution in [0, 0.1) is 12.3 Å². The van der Waals surface area contributed by atoms with Gasteiger partial charge in [0, 0.05) is 11.1 Å². The Morgan fingerprint density at radius 1 is 0.950 bits per heavy atom. The van der Waals surface area contributed by atoms with Gasteiger partial charge in [-0.05, 0) is 49.3 Å². The van der Waals surface area contributed by atoms with Crippen molar-refractivity contribution < 1.29 is 9.59 Å². The molecule has 2 rings (SSSR count). The van der Waals surface area contributed by atoms with Gasteiger partial charge in [-0.15, -0.1) is 0 Å². The molecule has 1 aliphatic rings. The van der Waals surface area contributed by atoms with Crippen molar-refractivity contribution in [2.45, 2.75) is 47.5 Å². The van der Waals surface area contributed by atoms with E-state index in [0.717, 1.165) is 23.1 Å². The van der Waals surface area contributed by atoms with Gasteiger partial charge in [0.05, 0.1) is 0 Å². The predicted octanol–water partition coefficient (Wildman–Crippen LogP) is 4.36. The van der Waals surface area contributed by atoms with Gasteiger partial charge in [-0.2, -0.15) is 0 Å². The molecule has 0 amide bonds. The van der Waals surface area contributed by atoms with Crippen LogP contribution in [0.4, 0.5) is 0 Å². The zero-order valence-electron chi connectivity index (χ0n) is 13.0. The van der Waals surface area contributed by atoms with E-state index in [1.807, 2.05) is 32.0 Å². The highest BCUT2D eigenvalue weighted by atomic mass is 16.2. The topological polar surface area (TPSA) is 34.1 Å². The van der Waals surface area contributed by atoms with Crippen LogP contribution in [0.25, 0.3) is 5.57 Å². The van der Waals surface area contributed by atoms with Crippen molar-refractivity contribution in [3.63, 3.8) is 0 Å². The summed E-state index contributed by atoms with van der Waals surface area (Å²) in [4.78, 5) is 24.6. The molecule has 0 saturated carbocycles. The van der Waals surface area contributed by atoms with E-state index in [1.165, 1.54) is 0 Å². The van der Waals surface area contributed by atoms with Crippen LogP contribution in [0.2, 0.25) is 0 Å². The number of ketones is 2. The molecule has 1 aliphatic carbocycles. The number of carbonyl (C=O) groups is 2. The fourth-order valence-electron chi connectivity index (χ4n) is 2.57. The number of rotatable bonds is 2. The van der Waals surface area contributed by atoms with Crippen LogP contribution in [0.15, 0.2) is 23.8 Å². The maximum absolute atomic E-state index is 12.3. The van der Waals surface area contributed by atoms with Crippen LogP contribution in [-0.4, -0.2) is 11.6 Å². The summed E-state index contributed by atoms with van der Waals surface area (Å²) in [7, 11) is 0. The summed E-state index contributed by atoms with van der Waals surface area (Å²) in [5.41, 5.74) is 4.31. The average Bonchev–Trinajstić information content (AvgIpc) is 2.34. The Morgan fingerprint density at radius 2 is 1.60 bits per heavy atom. The predicted molar refractivity (Wildman–Crippen MR) is 81.8 cm³/mol. The van der Waals surface area contributed by atoms with Crippen molar-refractivity contribution in [2.24, 2.45) is 5.41 Å². The van der Waals surface area contributed by atoms with Crippen LogP contribution in [0.5, 0.6) is 0 Å². The summed E-state index contributed by atoms with van der Waals surface area (Å²) in [5, 5.41) is 0. The van der Waals surface area contributed by atoms with E-state index >= 15 is 0 Å². The molecule has 0 fully saturated rings. The zero-order chi connectivity index (χ0) is 15.1. The Bertz CT molecular complexity index is 613. The molecular formula is C18H22O2. The first-order chi connectivity index (χ1) is 9.20. The largest absolute Gasteiger partial charge is 0.285 e. The Kier molecular flexibility index (Phi) is 3.68. The van der Waals surface area contributed by atoms with Gasteiger partial charge < -0.3 is 0 Å². The van der Waals surface area contributed by atoms with E-state index in [4.69, 9.17) is 0 Å². The lowest BCUT2D eigenvalue weighted by molar-refractivity contribution is -0.112. The van der Waals surface area contributed by atoms with E-state index in [2.05, 4.69) is 20.8 Å². The molecule has 0 aliphatic heterocycles. The summed E-state index contributed by atoms with van der Waals surface area (Å²) in [6.45, 7) is 10.3. The molecule has 106 valence electrons. The molecule has 2 nitrogen and oxygen atoms in total. The van der Waals surface area contributed by atoms with Crippen LogP contribution in [-0.2, 0) is 4.79 Å². The van der Waals surface area contributed by atoms with Crippen LogP contribution in [0.1, 0.15) is 62.0 Å². The number of hydrogen-bond donors (Lipinski definition) is 0. The molecule has 0 spiro atoms. The van der Waals surface area contributed by atoms with Gasteiger partial charge in [0.1, 0.15) is 0 Å². The van der Waals surface area contributed by atoms with Crippen LogP contribution < -0.4 is 0 Å². The summed E-state index contributed by atoms with van der Waals surface area (Å²) in [6.07, 6.45) is 1.58. The van der Waals surface area contributed by atoms with E-state index in [-0.39, 0.29) is 17.0 Å². The minimum atomic E-state index is -0.349. The number of benzene rings is 1. The molecule has 1 aromatic rings. The Morgan fingerprint density at radius 3 is 2.20 bits per heavy atom. The Balaban J connectivity index is 2.46. The van der Waals surface area contributed by atoms with Gasteiger partial charge in [-0.3, -0.25) is 9.59 Å². The molecule has 0 N–H and O–H groups in total. The molecule has 0 atom stereocenters. The highest BCUT2D eigenvalue weighted by molar-refractivity contribution is 6.52. The second kappa shape index (κ2) is 5.01. The van der Waals surface area contributed by atoms with Gasteiger partial charge in [-0.25, -0.2) is 0 Å². The number of carbonyl (C=O) groups excluding carboxylic acids is 2. The van der Waals surface area contributed by atoms with Gasteiger partial charge in [0.25, 0.3) is 0 Å². The minimum absolute atomic E-state index is 0.157. The monoisotopic (exact) mass is 270 g/mol. The average molecular weight is 270 g/mol. The van der Waals surface area contributed by atoms with E-state index in [0.29, 0.717) is 17.6 Å². The Labute approximate surface area is 120 Å². The number of hydrogen-bond acceptors (Lipinski definition) is 2. The SMILES string of the molecule is CC1=C(CCC(C)(C)C)C(=O)C(=O)c2cc(C)ccc21.